The molecule has 0 aliphatic carbocycles. The molecule has 0 amide bonds. The first-order valence-electron chi connectivity index (χ1n) is 6.61. The Kier molecular flexibility index (Phi) is 4.53. The average Bonchev–Trinajstić information content (AvgIpc) is 2.87. The minimum atomic E-state index is 0.541. The predicted molar refractivity (Wildman–Crippen MR) is 75.4 cm³/mol. The monoisotopic (exact) mass is 243 g/mol. The molecule has 3 heteroatoms. The van der Waals surface area contributed by atoms with Gasteiger partial charge >= 0.3 is 0 Å². The summed E-state index contributed by atoms with van der Waals surface area (Å²) in [6.45, 7) is 6.33. The Morgan fingerprint density at radius 1 is 1.22 bits per heavy atom. The number of nitrogens with zero attached hydrogens (tertiary/aromatic N) is 2. The predicted octanol–water partition coefficient (Wildman–Crippen LogP) is 2.94. The first kappa shape index (κ1) is 12.8. The molecule has 2 aromatic rings. The lowest BCUT2D eigenvalue weighted by Crippen LogP contribution is -2.26. The molecule has 0 fully saturated rings. The quantitative estimate of drug-likeness (QED) is 0.845. The van der Waals surface area contributed by atoms with Crippen molar-refractivity contribution >= 4 is 0 Å². The van der Waals surface area contributed by atoms with E-state index in [0.29, 0.717) is 6.04 Å². The Morgan fingerprint density at radius 2 is 2.00 bits per heavy atom. The fourth-order valence-corrected chi connectivity index (χ4v) is 2.04. The molecule has 0 aliphatic heterocycles. The summed E-state index contributed by atoms with van der Waals surface area (Å²) in [5.74, 6) is 0. The van der Waals surface area contributed by atoms with Gasteiger partial charge in [0.2, 0.25) is 0 Å². The van der Waals surface area contributed by atoms with E-state index in [1.807, 2.05) is 16.9 Å². The largest absolute Gasteiger partial charge is 0.314 e. The van der Waals surface area contributed by atoms with Crippen LogP contribution in [0.2, 0.25) is 0 Å². The van der Waals surface area contributed by atoms with Crippen molar-refractivity contribution in [2.45, 2.75) is 32.9 Å². The van der Waals surface area contributed by atoms with E-state index in [1.165, 1.54) is 11.1 Å². The van der Waals surface area contributed by atoms with E-state index in [0.717, 1.165) is 19.5 Å². The van der Waals surface area contributed by atoms with Gasteiger partial charge in [0.1, 0.15) is 0 Å². The molecule has 0 bridgehead atoms. The van der Waals surface area contributed by atoms with Gasteiger partial charge < -0.3 is 5.32 Å². The zero-order chi connectivity index (χ0) is 12.8. The van der Waals surface area contributed by atoms with Crippen LogP contribution in [0.5, 0.6) is 0 Å². The number of hydrogen-bond donors (Lipinski definition) is 1. The van der Waals surface area contributed by atoms with E-state index in [1.54, 1.807) is 0 Å². The van der Waals surface area contributed by atoms with Crippen LogP contribution in [-0.4, -0.2) is 22.4 Å². The molecule has 96 valence electrons. The summed E-state index contributed by atoms with van der Waals surface area (Å²) in [5.41, 5.74) is 2.41. The van der Waals surface area contributed by atoms with Crippen LogP contribution in [0.3, 0.4) is 0 Å². The maximum Gasteiger partial charge on any atom is 0.0568 e. The Labute approximate surface area is 109 Å². The Balaban J connectivity index is 1.95. The maximum absolute atomic E-state index is 4.41. The molecule has 0 saturated carbocycles. The third-order valence-corrected chi connectivity index (χ3v) is 3.08. The van der Waals surface area contributed by atoms with Gasteiger partial charge in [-0.1, -0.05) is 37.3 Å². The number of rotatable bonds is 6. The van der Waals surface area contributed by atoms with Crippen LogP contribution in [0, 0.1) is 0 Å². The summed E-state index contributed by atoms with van der Waals surface area (Å²) in [4.78, 5) is 0. The van der Waals surface area contributed by atoms with Crippen molar-refractivity contribution in [1.82, 2.24) is 15.1 Å². The van der Waals surface area contributed by atoms with E-state index < -0.39 is 0 Å². The Bertz CT molecular complexity index is 462. The topological polar surface area (TPSA) is 29.9 Å². The summed E-state index contributed by atoms with van der Waals surface area (Å²) in [7, 11) is 0. The van der Waals surface area contributed by atoms with E-state index in [4.69, 9.17) is 0 Å². The molecule has 1 N–H and O–H groups in total. The van der Waals surface area contributed by atoms with Crippen LogP contribution in [0.25, 0.3) is 11.1 Å². The number of hydrogen-bond acceptors (Lipinski definition) is 2. The van der Waals surface area contributed by atoms with E-state index in [2.05, 4.69) is 54.7 Å². The molecule has 2 rings (SSSR count). The second kappa shape index (κ2) is 6.36. The van der Waals surface area contributed by atoms with Crippen molar-refractivity contribution in [3.05, 3.63) is 42.7 Å². The van der Waals surface area contributed by atoms with Crippen LogP contribution < -0.4 is 5.32 Å². The summed E-state index contributed by atoms with van der Waals surface area (Å²) in [6, 6.07) is 10.9. The van der Waals surface area contributed by atoms with Gasteiger partial charge in [0.05, 0.1) is 6.20 Å². The first-order chi connectivity index (χ1) is 8.79. The smallest absolute Gasteiger partial charge is 0.0568 e. The molecule has 0 radical (unpaired) electrons. The van der Waals surface area contributed by atoms with Crippen molar-refractivity contribution in [3.8, 4) is 11.1 Å². The Hall–Kier alpha value is -1.61. The second-order valence-corrected chi connectivity index (χ2v) is 4.61. The second-order valence-electron chi connectivity index (χ2n) is 4.61. The van der Waals surface area contributed by atoms with Crippen molar-refractivity contribution < 1.29 is 0 Å². The van der Waals surface area contributed by atoms with Crippen LogP contribution in [0.4, 0.5) is 0 Å². The lowest BCUT2D eigenvalue weighted by Gasteiger charge is -2.11. The zero-order valence-electron chi connectivity index (χ0n) is 11.1. The molecule has 1 aromatic heterocycles. The molecule has 0 aliphatic rings. The van der Waals surface area contributed by atoms with Gasteiger partial charge in [-0.05, 0) is 25.5 Å². The van der Waals surface area contributed by atoms with Crippen LogP contribution in [-0.2, 0) is 6.54 Å². The lowest BCUT2D eigenvalue weighted by atomic mass is 10.1. The van der Waals surface area contributed by atoms with Crippen LogP contribution in [0.1, 0.15) is 20.3 Å². The van der Waals surface area contributed by atoms with Gasteiger partial charge in [-0.25, -0.2) is 0 Å². The van der Waals surface area contributed by atoms with Gasteiger partial charge in [-0.15, -0.1) is 0 Å². The lowest BCUT2D eigenvalue weighted by molar-refractivity contribution is 0.468. The molecule has 18 heavy (non-hydrogen) atoms. The van der Waals surface area contributed by atoms with E-state index in [-0.39, 0.29) is 0 Å². The molecule has 1 heterocycles. The van der Waals surface area contributed by atoms with Gasteiger partial charge in [0.15, 0.2) is 0 Å². The van der Waals surface area contributed by atoms with Gasteiger partial charge in [-0.2, -0.15) is 5.10 Å². The molecule has 0 saturated heterocycles. The highest BCUT2D eigenvalue weighted by Crippen LogP contribution is 2.17. The molecule has 1 atom stereocenters. The number of nitrogens with one attached hydrogen (secondary N) is 1. The zero-order valence-corrected chi connectivity index (χ0v) is 11.1. The number of aromatic nitrogens is 2. The highest BCUT2D eigenvalue weighted by molar-refractivity contribution is 5.61. The van der Waals surface area contributed by atoms with Gasteiger partial charge in [0.25, 0.3) is 0 Å². The third kappa shape index (κ3) is 3.44. The normalized spacial score (nSPS) is 12.6. The summed E-state index contributed by atoms with van der Waals surface area (Å²) in [5, 5.41) is 7.83. The van der Waals surface area contributed by atoms with Crippen molar-refractivity contribution in [1.29, 1.82) is 0 Å². The molecule has 3 nitrogen and oxygen atoms in total. The summed E-state index contributed by atoms with van der Waals surface area (Å²) < 4.78 is 2.02. The molecule has 1 aromatic carbocycles. The molecule has 0 spiro atoms. The van der Waals surface area contributed by atoms with Crippen molar-refractivity contribution in [3.63, 3.8) is 0 Å². The first-order valence-corrected chi connectivity index (χ1v) is 6.61. The number of aryl methyl sites for hydroxylation is 1. The molecular formula is C15H21N3. The van der Waals surface area contributed by atoms with Gasteiger partial charge in [-0.3, -0.25) is 4.68 Å². The van der Waals surface area contributed by atoms with E-state index in [9.17, 15) is 0 Å². The standard InChI is InChI=1S/C15H21N3/c1-3-16-13(2)9-10-18-12-15(11-17-18)14-7-5-4-6-8-14/h4-8,11-13,16H,3,9-10H2,1-2H3. The highest BCUT2D eigenvalue weighted by atomic mass is 15.3. The fourth-order valence-electron chi connectivity index (χ4n) is 2.04. The van der Waals surface area contributed by atoms with Crippen LogP contribution >= 0.6 is 0 Å². The summed E-state index contributed by atoms with van der Waals surface area (Å²) >= 11 is 0. The Morgan fingerprint density at radius 3 is 2.72 bits per heavy atom. The minimum absolute atomic E-state index is 0.541. The van der Waals surface area contributed by atoms with Crippen molar-refractivity contribution in [2.75, 3.05) is 6.54 Å². The average molecular weight is 243 g/mol. The maximum atomic E-state index is 4.41. The highest BCUT2D eigenvalue weighted by Gasteiger charge is 2.03. The van der Waals surface area contributed by atoms with Crippen molar-refractivity contribution in [2.24, 2.45) is 0 Å². The fraction of sp³-hybridized carbons (Fsp3) is 0.400. The molecule has 1 unspecified atom stereocenters. The minimum Gasteiger partial charge on any atom is -0.314 e. The molecular weight excluding hydrogens is 222 g/mol. The van der Waals surface area contributed by atoms with Gasteiger partial charge in [0, 0.05) is 24.3 Å². The number of benzene rings is 1. The summed E-state index contributed by atoms with van der Waals surface area (Å²) in [6.07, 6.45) is 5.16. The van der Waals surface area contributed by atoms with E-state index >= 15 is 0 Å². The third-order valence-electron chi connectivity index (χ3n) is 3.08. The SMILES string of the molecule is CCNC(C)CCn1cc(-c2ccccc2)cn1. The van der Waals surface area contributed by atoms with Crippen LogP contribution in [0.15, 0.2) is 42.7 Å².